The van der Waals surface area contributed by atoms with Crippen LogP contribution in [0.25, 0.3) is 0 Å². The van der Waals surface area contributed by atoms with Crippen LogP contribution >= 0.6 is 0 Å². The van der Waals surface area contributed by atoms with Crippen molar-refractivity contribution >= 4 is 5.91 Å². The Morgan fingerprint density at radius 2 is 2.14 bits per heavy atom. The van der Waals surface area contributed by atoms with Crippen molar-refractivity contribution in [3.05, 3.63) is 35.9 Å². The zero-order valence-electron chi connectivity index (χ0n) is 13.4. The molecule has 1 heterocycles. The summed E-state index contributed by atoms with van der Waals surface area (Å²) in [7, 11) is 0. The van der Waals surface area contributed by atoms with Crippen LogP contribution in [0.15, 0.2) is 30.3 Å². The van der Waals surface area contributed by atoms with Crippen molar-refractivity contribution in [2.24, 2.45) is 5.92 Å². The molecule has 0 saturated carbocycles. The molecule has 1 saturated heterocycles. The summed E-state index contributed by atoms with van der Waals surface area (Å²) in [6.45, 7) is 3.77. The minimum absolute atomic E-state index is 0.000181. The van der Waals surface area contributed by atoms with Gasteiger partial charge in [0.05, 0.1) is 12.7 Å². The molecular weight excluding hydrogens is 278 g/mol. The molecule has 0 bridgehead atoms. The van der Waals surface area contributed by atoms with Gasteiger partial charge >= 0.3 is 0 Å². The van der Waals surface area contributed by atoms with Gasteiger partial charge in [0.15, 0.2) is 0 Å². The van der Waals surface area contributed by atoms with E-state index in [4.69, 9.17) is 4.74 Å². The Kier molecular flexibility index (Phi) is 6.87. The maximum Gasteiger partial charge on any atom is 0.226 e. The summed E-state index contributed by atoms with van der Waals surface area (Å²) in [6.07, 6.45) is 3.90. The summed E-state index contributed by atoms with van der Waals surface area (Å²) in [6, 6.07) is 9.95. The summed E-state index contributed by atoms with van der Waals surface area (Å²) in [5, 5.41) is 9.28. The van der Waals surface area contributed by atoms with Crippen molar-refractivity contribution < 1.29 is 14.6 Å². The van der Waals surface area contributed by atoms with E-state index in [0.29, 0.717) is 19.7 Å². The van der Waals surface area contributed by atoms with Gasteiger partial charge in [-0.2, -0.15) is 0 Å². The molecule has 1 aromatic carbocycles. The van der Waals surface area contributed by atoms with Crippen molar-refractivity contribution in [3.8, 4) is 0 Å². The molecule has 0 aromatic heterocycles. The van der Waals surface area contributed by atoms with Crippen LogP contribution in [0.1, 0.15) is 38.2 Å². The molecule has 1 fully saturated rings. The van der Waals surface area contributed by atoms with Crippen LogP contribution in [0, 0.1) is 5.92 Å². The number of benzene rings is 1. The molecule has 1 aliphatic heterocycles. The van der Waals surface area contributed by atoms with Crippen molar-refractivity contribution in [3.63, 3.8) is 0 Å². The molecule has 122 valence electrons. The maximum atomic E-state index is 12.8. The summed E-state index contributed by atoms with van der Waals surface area (Å²) >= 11 is 0. The average molecular weight is 305 g/mol. The summed E-state index contributed by atoms with van der Waals surface area (Å²) in [5.74, 6) is 0.183. The predicted octanol–water partition coefficient (Wildman–Crippen LogP) is 2.60. The SMILES string of the molecule is CCCC1CC(C(=O)N(CCO)Cc2ccccc2)CCO1. The lowest BCUT2D eigenvalue weighted by atomic mass is 9.92. The summed E-state index contributed by atoms with van der Waals surface area (Å²) in [5.41, 5.74) is 1.10. The normalized spacial score (nSPS) is 21.5. The fourth-order valence-electron chi connectivity index (χ4n) is 3.08. The first-order chi connectivity index (χ1) is 10.7. The molecule has 1 aliphatic rings. The molecule has 0 radical (unpaired) electrons. The second kappa shape index (κ2) is 8.91. The van der Waals surface area contributed by atoms with Crippen LogP contribution in [-0.2, 0) is 16.1 Å². The Balaban J connectivity index is 1.99. The Morgan fingerprint density at radius 3 is 2.82 bits per heavy atom. The van der Waals surface area contributed by atoms with Crippen molar-refractivity contribution in [2.45, 2.75) is 45.3 Å². The molecule has 1 N–H and O–H groups in total. The Labute approximate surface area is 133 Å². The number of nitrogens with zero attached hydrogens (tertiary/aromatic N) is 1. The van der Waals surface area contributed by atoms with Gasteiger partial charge < -0.3 is 14.7 Å². The lowest BCUT2D eigenvalue weighted by Crippen LogP contribution is -2.41. The first-order valence-corrected chi connectivity index (χ1v) is 8.29. The van der Waals surface area contributed by atoms with Crippen molar-refractivity contribution in [1.82, 2.24) is 4.90 Å². The van der Waals surface area contributed by atoms with Crippen LogP contribution in [-0.4, -0.2) is 41.8 Å². The molecule has 4 heteroatoms. The molecule has 0 spiro atoms. The van der Waals surface area contributed by atoms with Crippen LogP contribution in [0.5, 0.6) is 0 Å². The maximum absolute atomic E-state index is 12.8. The quantitative estimate of drug-likeness (QED) is 0.842. The van der Waals surface area contributed by atoms with Crippen LogP contribution in [0.4, 0.5) is 0 Å². The van der Waals surface area contributed by atoms with Gasteiger partial charge in [-0.1, -0.05) is 43.7 Å². The van der Waals surface area contributed by atoms with E-state index in [1.165, 1.54) is 0 Å². The fourth-order valence-corrected chi connectivity index (χ4v) is 3.08. The highest BCUT2D eigenvalue weighted by molar-refractivity contribution is 5.79. The second-order valence-electron chi connectivity index (χ2n) is 5.97. The number of ether oxygens (including phenoxy) is 1. The number of carbonyl (C=O) groups excluding carboxylic acids is 1. The van der Waals surface area contributed by atoms with Crippen LogP contribution < -0.4 is 0 Å². The van der Waals surface area contributed by atoms with Gasteiger partial charge in [-0.05, 0) is 24.8 Å². The molecular formula is C18H27NO3. The highest BCUT2D eigenvalue weighted by Gasteiger charge is 2.30. The summed E-state index contributed by atoms with van der Waals surface area (Å²) in [4.78, 5) is 14.6. The zero-order valence-corrected chi connectivity index (χ0v) is 13.4. The fraction of sp³-hybridized carbons (Fsp3) is 0.611. The van der Waals surface area contributed by atoms with Gasteiger partial charge in [0.25, 0.3) is 0 Å². The highest BCUT2D eigenvalue weighted by Crippen LogP contribution is 2.25. The first-order valence-electron chi connectivity index (χ1n) is 8.29. The van der Waals surface area contributed by atoms with E-state index in [9.17, 15) is 9.90 Å². The molecule has 2 unspecified atom stereocenters. The summed E-state index contributed by atoms with van der Waals surface area (Å²) < 4.78 is 5.74. The Bertz CT molecular complexity index is 447. The Morgan fingerprint density at radius 1 is 1.36 bits per heavy atom. The third-order valence-electron chi connectivity index (χ3n) is 4.23. The van der Waals surface area contributed by atoms with E-state index in [1.54, 1.807) is 4.90 Å². The van der Waals surface area contributed by atoms with Crippen LogP contribution in [0.2, 0.25) is 0 Å². The third-order valence-corrected chi connectivity index (χ3v) is 4.23. The molecule has 1 aromatic rings. The lowest BCUT2D eigenvalue weighted by molar-refractivity contribution is -0.142. The van der Waals surface area contributed by atoms with Crippen molar-refractivity contribution in [2.75, 3.05) is 19.8 Å². The van der Waals surface area contributed by atoms with Crippen LogP contribution in [0.3, 0.4) is 0 Å². The topological polar surface area (TPSA) is 49.8 Å². The van der Waals surface area contributed by atoms with E-state index < -0.39 is 0 Å². The minimum Gasteiger partial charge on any atom is -0.395 e. The van der Waals surface area contributed by atoms with Gasteiger partial charge in [0.1, 0.15) is 0 Å². The van der Waals surface area contributed by atoms with Gasteiger partial charge in [0.2, 0.25) is 5.91 Å². The van der Waals surface area contributed by atoms with E-state index in [2.05, 4.69) is 6.92 Å². The monoisotopic (exact) mass is 305 g/mol. The number of hydrogen-bond donors (Lipinski definition) is 1. The smallest absolute Gasteiger partial charge is 0.226 e. The number of hydrogen-bond acceptors (Lipinski definition) is 3. The number of amides is 1. The lowest BCUT2D eigenvalue weighted by Gasteiger charge is -2.32. The molecule has 0 aliphatic carbocycles. The van der Waals surface area contributed by atoms with Crippen molar-refractivity contribution in [1.29, 1.82) is 0 Å². The van der Waals surface area contributed by atoms with E-state index in [1.807, 2.05) is 30.3 Å². The standard InChI is InChI=1S/C18H27NO3/c1-2-6-17-13-16(9-12-22-17)18(21)19(10-11-20)14-15-7-4-3-5-8-15/h3-5,7-8,16-17,20H,2,6,9-14H2,1H3. The van der Waals surface area contributed by atoms with Gasteiger partial charge in [0, 0.05) is 25.6 Å². The number of aliphatic hydroxyl groups excluding tert-OH is 1. The van der Waals surface area contributed by atoms with E-state index in [-0.39, 0.29) is 24.5 Å². The Hall–Kier alpha value is -1.39. The molecule has 2 rings (SSSR count). The molecule has 22 heavy (non-hydrogen) atoms. The predicted molar refractivity (Wildman–Crippen MR) is 86.3 cm³/mol. The van der Waals surface area contributed by atoms with Gasteiger partial charge in [-0.15, -0.1) is 0 Å². The van der Waals surface area contributed by atoms with E-state index >= 15 is 0 Å². The molecule has 2 atom stereocenters. The average Bonchev–Trinajstić information content (AvgIpc) is 2.55. The highest BCUT2D eigenvalue weighted by atomic mass is 16.5. The minimum atomic E-state index is 0.000181. The number of aliphatic hydroxyl groups is 1. The number of rotatable bonds is 7. The molecule has 4 nitrogen and oxygen atoms in total. The first kappa shape index (κ1) is 17.0. The number of carbonyl (C=O) groups is 1. The van der Waals surface area contributed by atoms with Gasteiger partial charge in [-0.3, -0.25) is 4.79 Å². The zero-order chi connectivity index (χ0) is 15.8. The largest absolute Gasteiger partial charge is 0.395 e. The van der Waals surface area contributed by atoms with Gasteiger partial charge in [-0.25, -0.2) is 0 Å². The molecule has 1 amide bonds. The second-order valence-corrected chi connectivity index (χ2v) is 5.97. The third kappa shape index (κ3) is 4.82. The van der Waals surface area contributed by atoms with E-state index in [0.717, 1.165) is 31.2 Å².